The SMILES string of the molecule is CCOC(=O)c1ccc2c(c1)=C1CCCCC1([O-])[N+]=2C(C)=O. The van der Waals surface area contributed by atoms with Gasteiger partial charge in [-0.3, -0.25) is 0 Å². The number of ether oxygens (including phenoxy) is 1. The fourth-order valence-electron chi connectivity index (χ4n) is 3.54. The molecule has 3 rings (SSSR count). The highest BCUT2D eigenvalue weighted by atomic mass is 16.5. The van der Waals surface area contributed by atoms with E-state index in [0.717, 1.165) is 23.6 Å². The summed E-state index contributed by atoms with van der Waals surface area (Å²) in [7, 11) is 0. The van der Waals surface area contributed by atoms with Crippen molar-refractivity contribution < 1.29 is 19.4 Å². The van der Waals surface area contributed by atoms with Crippen LogP contribution in [-0.4, -0.2) is 24.2 Å². The van der Waals surface area contributed by atoms with Crippen LogP contribution in [0, 0.1) is 0 Å². The van der Waals surface area contributed by atoms with Crippen molar-refractivity contribution in [3.63, 3.8) is 0 Å². The first-order valence-electron chi connectivity index (χ1n) is 7.68. The van der Waals surface area contributed by atoms with Crippen molar-refractivity contribution in [3.8, 4) is 0 Å². The molecule has 5 heteroatoms. The summed E-state index contributed by atoms with van der Waals surface area (Å²) in [6.07, 6.45) is 2.85. The van der Waals surface area contributed by atoms with E-state index < -0.39 is 11.7 Å². The minimum absolute atomic E-state index is 0.253. The summed E-state index contributed by atoms with van der Waals surface area (Å²) in [6, 6.07) is 5.01. The Kier molecular flexibility index (Phi) is 3.60. The molecule has 116 valence electrons. The van der Waals surface area contributed by atoms with E-state index in [0.29, 0.717) is 30.4 Å². The van der Waals surface area contributed by atoms with Crippen molar-refractivity contribution in [3.05, 3.63) is 34.3 Å². The van der Waals surface area contributed by atoms with Crippen molar-refractivity contribution in [2.45, 2.75) is 45.3 Å². The van der Waals surface area contributed by atoms with Gasteiger partial charge in [0.1, 0.15) is 5.72 Å². The van der Waals surface area contributed by atoms with E-state index in [2.05, 4.69) is 0 Å². The van der Waals surface area contributed by atoms with E-state index in [-0.39, 0.29) is 5.91 Å². The lowest BCUT2D eigenvalue weighted by molar-refractivity contribution is -0.470. The van der Waals surface area contributed by atoms with Gasteiger partial charge in [-0.1, -0.05) is 0 Å². The molecule has 0 saturated heterocycles. The molecule has 1 aromatic rings. The fourth-order valence-corrected chi connectivity index (χ4v) is 3.54. The minimum Gasteiger partial charge on any atom is -0.791 e. The monoisotopic (exact) mass is 301 g/mol. The lowest BCUT2D eigenvalue weighted by atomic mass is 9.86. The van der Waals surface area contributed by atoms with E-state index >= 15 is 0 Å². The third-order valence-corrected chi connectivity index (χ3v) is 4.41. The molecule has 1 aliphatic heterocycles. The van der Waals surface area contributed by atoms with Crippen LogP contribution in [-0.2, 0) is 9.53 Å². The second-order valence-electron chi connectivity index (χ2n) is 5.78. The molecule has 0 radical (unpaired) electrons. The number of benzene rings is 1. The average Bonchev–Trinajstić information content (AvgIpc) is 2.74. The van der Waals surface area contributed by atoms with Crippen LogP contribution in [0.4, 0.5) is 0 Å². The molecule has 2 aliphatic rings. The van der Waals surface area contributed by atoms with Gasteiger partial charge in [0.15, 0.2) is 0 Å². The smallest absolute Gasteiger partial charge is 0.383 e. The number of rotatable bonds is 2. The maximum atomic E-state index is 13.3. The molecule has 1 saturated carbocycles. The summed E-state index contributed by atoms with van der Waals surface area (Å²) in [5.41, 5.74) is -0.332. The van der Waals surface area contributed by atoms with Gasteiger partial charge in [0.2, 0.25) is 5.36 Å². The first kappa shape index (κ1) is 14.9. The Morgan fingerprint density at radius 1 is 1.36 bits per heavy atom. The fraction of sp³-hybridized carbons (Fsp3) is 0.471. The molecule has 1 amide bonds. The van der Waals surface area contributed by atoms with E-state index in [9.17, 15) is 14.7 Å². The summed E-state index contributed by atoms with van der Waals surface area (Å²) in [6.45, 7) is 3.47. The molecular formula is C17H19NO4. The third-order valence-electron chi connectivity index (χ3n) is 4.41. The van der Waals surface area contributed by atoms with Gasteiger partial charge in [-0.15, -0.1) is 0 Å². The molecule has 0 N–H and O–H groups in total. The molecule has 0 aromatic heterocycles. The summed E-state index contributed by atoms with van der Waals surface area (Å²) in [5, 5.41) is 14.6. The average molecular weight is 301 g/mol. The number of amides is 1. The standard InChI is InChI=1S/C17H19NO4/c1-3-22-16(20)12-7-8-15-13(10-12)14-6-4-5-9-17(14,21)18(15)11(2)19/h7-8,10H,3-6,9H2,1-2H3. The molecule has 1 unspecified atom stereocenters. The van der Waals surface area contributed by atoms with Crippen LogP contribution in [0.1, 0.15) is 49.9 Å². The Morgan fingerprint density at radius 3 is 2.82 bits per heavy atom. The Labute approximate surface area is 128 Å². The maximum Gasteiger partial charge on any atom is 0.383 e. The van der Waals surface area contributed by atoms with Crippen molar-refractivity contribution in [2.24, 2.45) is 0 Å². The maximum absolute atomic E-state index is 13.3. The van der Waals surface area contributed by atoms with Crippen molar-refractivity contribution in [1.82, 2.24) is 4.58 Å². The lowest BCUT2D eigenvalue weighted by Gasteiger charge is -2.37. The normalized spacial score (nSPS) is 23.0. The van der Waals surface area contributed by atoms with Gasteiger partial charge in [0, 0.05) is 12.5 Å². The van der Waals surface area contributed by atoms with Gasteiger partial charge >= 0.3 is 11.9 Å². The highest BCUT2D eigenvalue weighted by Gasteiger charge is 2.43. The molecule has 0 spiro atoms. The second kappa shape index (κ2) is 5.32. The summed E-state index contributed by atoms with van der Waals surface area (Å²) < 4.78 is 6.37. The number of hydrogen-bond donors (Lipinski definition) is 0. The van der Waals surface area contributed by atoms with E-state index in [1.54, 1.807) is 25.1 Å². The van der Waals surface area contributed by atoms with E-state index in [4.69, 9.17) is 4.74 Å². The zero-order chi connectivity index (χ0) is 15.9. The second-order valence-corrected chi connectivity index (χ2v) is 5.78. The Morgan fingerprint density at radius 2 is 2.14 bits per heavy atom. The largest absolute Gasteiger partial charge is 0.791 e. The molecule has 1 fully saturated rings. The molecule has 5 nitrogen and oxygen atoms in total. The van der Waals surface area contributed by atoms with Crippen LogP contribution in [0.3, 0.4) is 0 Å². The zero-order valence-corrected chi connectivity index (χ0v) is 12.8. The lowest BCUT2D eigenvalue weighted by Crippen LogP contribution is -2.60. The van der Waals surface area contributed by atoms with Gasteiger partial charge < -0.3 is 9.84 Å². The van der Waals surface area contributed by atoms with Crippen molar-refractivity contribution in [1.29, 1.82) is 0 Å². The van der Waals surface area contributed by atoms with Crippen molar-refractivity contribution in [2.75, 3.05) is 6.61 Å². The number of carbonyl (C=O) groups is 2. The van der Waals surface area contributed by atoms with Gasteiger partial charge in [-0.25, -0.2) is 9.59 Å². The third kappa shape index (κ3) is 2.08. The van der Waals surface area contributed by atoms with Crippen molar-refractivity contribution >= 4 is 17.4 Å². The van der Waals surface area contributed by atoms with Crippen LogP contribution < -0.4 is 20.3 Å². The Bertz CT molecular complexity index is 780. The molecule has 0 bridgehead atoms. The van der Waals surface area contributed by atoms with Crippen LogP contribution >= 0.6 is 0 Å². The van der Waals surface area contributed by atoms with Gasteiger partial charge in [-0.2, -0.15) is 4.58 Å². The number of nitrogens with zero attached hydrogens (tertiary/aromatic N) is 1. The van der Waals surface area contributed by atoms with E-state index in [1.807, 2.05) is 0 Å². The number of hydrogen-bond acceptors (Lipinski definition) is 4. The quantitative estimate of drug-likeness (QED) is 0.555. The van der Waals surface area contributed by atoms with Crippen LogP contribution in [0.15, 0.2) is 18.2 Å². The topological polar surface area (TPSA) is 69.4 Å². The first-order valence-corrected chi connectivity index (χ1v) is 7.68. The summed E-state index contributed by atoms with van der Waals surface area (Å²) in [5.74, 6) is -0.656. The van der Waals surface area contributed by atoms with E-state index in [1.165, 1.54) is 11.5 Å². The molecule has 1 heterocycles. The first-order chi connectivity index (χ1) is 10.5. The van der Waals surface area contributed by atoms with Gasteiger partial charge in [-0.05, 0) is 43.9 Å². The Balaban J connectivity index is 2.28. The molecule has 1 aliphatic carbocycles. The Hall–Kier alpha value is -2.01. The predicted molar refractivity (Wildman–Crippen MR) is 78.2 cm³/mol. The molecular weight excluding hydrogens is 282 g/mol. The predicted octanol–water partition coefficient (Wildman–Crippen LogP) is -0.304. The number of fused-ring (bicyclic) bond motifs is 2. The molecule has 1 atom stereocenters. The minimum atomic E-state index is -1.49. The van der Waals surface area contributed by atoms with Gasteiger partial charge in [0.25, 0.3) is 0 Å². The molecule has 22 heavy (non-hydrogen) atoms. The zero-order valence-electron chi connectivity index (χ0n) is 12.8. The van der Waals surface area contributed by atoms with Crippen LogP contribution in [0.2, 0.25) is 0 Å². The summed E-state index contributed by atoms with van der Waals surface area (Å²) >= 11 is 0. The highest BCUT2D eigenvalue weighted by Crippen LogP contribution is 2.32. The van der Waals surface area contributed by atoms with Crippen LogP contribution in [0.25, 0.3) is 5.57 Å². The van der Waals surface area contributed by atoms with Gasteiger partial charge in [0.05, 0.1) is 24.3 Å². The highest BCUT2D eigenvalue weighted by molar-refractivity contribution is 5.90. The summed E-state index contributed by atoms with van der Waals surface area (Å²) in [4.78, 5) is 23.9. The van der Waals surface area contributed by atoms with Crippen LogP contribution in [0.5, 0.6) is 0 Å². The molecule has 1 aromatic carbocycles. The number of carbonyl (C=O) groups excluding carboxylic acids is 2. The number of esters is 1.